The Morgan fingerprint density at radius 2 is 1.94 bits per heavy atom. The number of para-hydroxylation sites is 1. The van der Waals surface area contributed by atoms with Gasteiger partial charge in [0.1, 0.15) is 0 Å². The second-order valence-electron chi connectivity index (χ2n) is 4.01. The highest BCUT2D eigenvalue weighted by molar-refractivity contribution is 7.16. The Morgan fingerprint density at radius 1 is 1.24 bits per heavy atom. The lowest BCUT2D eigenvalue weighted by Crippen LogP contribution is -2.29. The molecule has 0 unspecified atom stereocenters. The second-order valence-corrected chi connectivity index (χ2v) is 5.01. The molecule has 0 radical (unpaired) electrons. The monoisotopic (exact) mass is 250 g/mol. The molecule has 1 aromatic heterocycles. The van der Waals surface area contributed by atoms with Gasteiger partial charge in [-0.15, -0.1) is 0 Å². The average molecular weight is 250 g/mol. The molecular weight excluding hydrogens is 232 g/mol. The van der Waals surface area contributed by atoms with E-state index < -0.39 is 0 Å². The molecule has 0 atom stereocenters. The Kier molecular flexibility index (Phi) is 3.97. The van der Waals surface area contributed by atoms with Crippen LogP contribution in [-0.4, -0.2) is 29.1 Å². The Balaban J connectivity index is 2.23. The maximum absolute atomic E-state index is 11.9. The Hall–Kier alpha value is -1.13. The van der Waals surface area contributed by atoms with Crippen LogP contribution >= 0.6 is 11.3 Å². The molecule has 17 heavy (non-hydrogen) atoms. The predicted octanol–water partition coefficient (Wildman–Crippen LogP) is 2.40. The van der Waals surface area contributed by atoms with Crippen LogP contribution in [0.3, 0.4) is 0 Å². The van der Waals surface area contributed by atoms with Crippen LogP contribution in [0.4, 0.5) is 0 Å². The summed E-state index contributed by atoms with van der Waals surface area (Å²) in [5.41, 5.74) is 1.06. The first-order valence-electron chi connectivity index (χ1n) is 6.07. The van der Waals surface area contributed by atoms with Crippen molar-refractivity contribution in [3.63, 3.8) is 0 Å². The van der Waals surface area contributed by atoms with Crippen molar-refractivity contribution in [2.75, 3.05) is 19.6 Å². The number of nitrogens with zero attached hydrogens (tertiary/aromatic N) is 2. The number of rotatable bonds is 5. The highest BCUT2D eigenvalue weighted by Crippen LogP contribution is 2.16. The van der Waals surface area contributed by atoms with Gasteiger partial charge in [0.05, 0.1) is 10.2 Å². The first-order chi connectivity index (χ1) is 8.26. The standard InChI is InChI=1S/C13H18N2OS/c1-3-14(4-2)9-10-15-11-7-5-6-8-12(11)17-13(15)16/h5-8H,3-4,9-10H2,1-2H3. The van der Waals surface area contributed by atoms with Crippen molar-refractivity contribution >= 4 is 21.6 Å². The van der Waals surface area contributed by atoms with Gasteiger partial charge >= 0.3 is 4.87 Å². The van der Waals surface area contributed by atoms with E-state index in [1.54, 1.807) is 0 Å². The van der Waals surface area contributed by atoms with Gasteiger partial charge in [-0.25, -0.2) is 0 Å². The molecule has 0 aliphatic carbocycles. The number of fused-ring (bicyclic) bond motifs is 1. The van der Waals surface area contributed by atoms with Crippen molar-refractivity contribution in [3.05, 3.63) is 33.9 Å². The molecule has 0 bridgehead atoms. The second kappa shape index (κ2) is 5.47. The van der Waals surface area contributed by atoms with Crippen LogP contribution in [0, 0.1) is 0 Å². The van der Waals surface area contributed by atoms with Gasteiger partial charge < -0.3 is 4.90 Å². The summed E-state index contributed by atoms with van der Waals surface area (Å²) in [5, 5.41) is 0. The Bertz CT molecular complexity index is 540. The summed E-state index contributed by atoms with van der Waals surface area (Å²) in [7, 11) is 0. The molecule has 4 heteroatoms. The van der Waals surface area contributed by atoms with E-state index in [9.17, 15) is 4.79 Å². The molecule has 2 rings (SSSR count). The van der Waals surface area contributed by atoms with Crippen molar-refractivity contribution in [2.45, 2.75) is 20.4 Å². The summed E-state index contributed by atoms with van der Waals surface area (Å²) < 4.78 is 2.97. The fourth-order valence-electron chi connectivity index (χ4n) is 2.01. The van der Waals surface area contributed by atoms with Crippen molar-refractivity contribution in [3.8, 4) is 0 Å². The molecule has 1 aromatic carbocycles. The maximum atomic E-state index is 11.9. The van der Waals surface area contributed by atoms with Gasteiger partial charge in [0.25, 0.3) is 0 Å². The molecule has 0 N–H and O–H groups in total. The highest BCUT2D eigenvalue weighted by atomic mass is 32.1. The van der Waals surface area contributed by atoms with E-state index in [2.05, 4.69) is 18.7 Å². The third-order valence-electron chi connectivity index (χ3n) is 3.11. The first kappa shape index (κ1) is 12.3. The minimum absolute atomic E-state index is 0.151. The van der Waals surface area contributed by atoms with Gasteiger partial charge in [-0.05, 0) is 25.2 Å². The lowest BCUT2D eigenvalue weighted by atomic mass is 10.3. The van der Waals surface area contributed by atoms with E-state index in [4.69, 9.17) is 0 Å². The molecule has 0 aliphatic rings. The minimum atomic E-state index is 0.151. The SMILES string of the molecule is CCN(CC)CCn1c(=O)sc2ccccc21. The number of thiazole rings is 1. The summed E-state index contributed by atoms with van der Waals surface area (Å²) in [5.74, 6) is 0. The smallest absolute Gasteiger partial charge is 0.302 e. The fourth-order valence-corrected chi connectivity index (χ4v) is 2.92. The van der Waals surface area contributed by atoms with Crippen molar-refractivity contribution in [1.82, 2.24) is 9.47 Å². The minimum Gasteiger partial charge on any atom is -0.302 e. The zero-order valence-corrected chi connectivity index (χ0v) is 11.2. The molecule has 0 spiro atoms. The topological polar surface area (TPSA) is 25.2 Å². The van der Waals surface area contributed by atoms with Crippen LogP contribution in [-0.2, 0) is 6.54 Å². The molecule has 0 saturated carbocycles. The average Bonchev–Trinajstić information content (AvgIpc) is 2.67. The predicted molar refractivity (Wildman–Crippen MR) is 73.9 cm³/mol. The number of benzene rings is 1. The van der Waals surface area contributed by atoms with Crippen LogP contribution in [0.2, 0.25) is 0 Å². The summed E-state index contributed by atoms with van der Waals surface area (Å²) in [4.78, 5) is 14.4. The van der Waals surface area contributed by atoms with Gasteiger partial charge in [-0.2, -0.15) is 0 Å². The summed E-state index contributed by atoms with van der Waals surface area (Å²) in [6, 6.07) is 8.00. The molecule has 1 heterocycles. The third-order valence-corrected chi connectivity index (χ3v) is 4.07. The molecular formula is C13H18N2OS. The van der Waals surface area contributed by atoms with E-state index >= 15 is 0 Å². The van der Waals surface area contributed by atoms with Crippen LogP contribution in [0.25, 0.3) is 10.2 Å². The molecule has 0 fully saturated rings. The molecule has 0 amide bonds. The van der Waals surface area contributed by atoms with Crippen LogP contribution < -0.4 is 4.87 Å². The third kappa shape index (κ3) is 2.58. The van der Waals surface area contributed by atoms with Crippen molar-refractivity contribution in [2.24, 2.45) is 0 Å². The summed E-state index contributed by atoms with van der Waals surface area (Å²) in [6.07, 6.45) is 0. The van der Waals surface area contributed by atoms with E-state index in [0.29, 0.717) is 0 Å². The summed E-state index contributed by atoms with van der Waals surface area (Å²) in [6.45, 7) is 8.09. The lowest BCUT2D eigenvalue weighted by molar-refractivity contribution is 0.291. The highest BCUT2D eigenvalue weighted by Gasteiger charge is 2.07. The van der Waals surface area contributed by atoms with Gasteiger partial charge in [-0.1, -0.05) is 37.3 Å². The molecule has 0 saturated heterocycles. The van der Waals surface area contributed by atoms with Crippen molar-refractivity contribution in [1.29, 1.82) is 0 Å². The van der Waals surface area contributed by atoms with Gasteiger partial charge in [0.2, 0.25) is 0 Å². The zero-order chi connectivity index (χ0) is 12.3. The van der Waals surface area contributed by atoms with Crippen LogP contribution in [0.1, 0.15) is 13.8 Å². The maximum Gasteiger partial charge on any atom is 0.308 e. The number of likely N-dealkylation sites (N-methyl/N-ethyl adjacent to an activating group) is 1. The van der Waals surface area contributed by atoms with Gasteiger partial charge in [0, 0.05) is 13.1 Å². The van der Waals surface area contributed by atoms with E-state index in [1.807, 2.05) is 28.8 Å². The van der Waals surface area contributed by atoms with E-state index in [1.165, 1.54) is 11.3 Å². The van der Waals surface area contributed by atoms with Gasteiger partial charge in [0.15, 0.2) is 0 Å². The number of aromatic nitrogens is 1. The Labute approximate surface area is 105 Å². The summed E-state index contributed by atoms with van der Waals surface area (Å²) >= 11 is 1.33. The fraction of sp³-hybridized carbons (Fsp3) is 0.462. The van der Waals surface area contributed by atoms with E-state index in [0.717, 1.165) is 36.4 Å². The largest absolute Gasteiger partial charge is 0.308 e. The lowest BCUT2D eigenvalue weighted by Gasteiger charge is -2.17. The first-order valence-corrected chi connectivity index (χ1v) is 6.88. The number of hydrogen-bond acceptors (Lipinski definition) is 3. The number of hydrogen-bond donors (Lipinski definition) is 0. The molecule has 92 valence electrons. The van der Waals surface area contributed by atoms with Crippen LogP contribution in [0.15, 0.2) is 29.1 Å². The normalized spacial score (nSPS) is 11.5. The van der Waals surface area contributed by atoms with Crippen LogP contribution in [0.5, 0.6) is 0 Å². The van der Waals surface area contributed by atoms with Gasteiger partial charge in [-0.3, -0.25) is 9.36 Å². The zero-order valence-electron chi connectivity index (χ0n) is 10.3. The van der Waals surface area contributed by atoms with E-state index in [-0.39, 0.29) is 4.87 Å². The van der Waals surface area contributed by atoms with Crippen molar-refractivity contribution < 1.29 is 0 Å². The molecule has 3 nitrogen and oxygen atoms in total. The molecule has 0 aliphatic heterocycles. The quantitative estimate of drug-likeness (QED) is 0.814. The molecule has 2 aromatic rings. The Morgan fingerprint density at radius 3 is 2.65 bits per heavy atom.